The van der Waals surface area contributed by atoms with Crippen molar-refractivity contribution in [2.24, 2.45) is 11.3 Å². The summed E-state index contributed by atoms with van der Waals surface area (Å²) in [6.07, 6.45) is 3.25. The fourth-order valence-corrected chi connectivity index (χ4v) is 5.30. The quantitative estimate of drug-likeness (QED) is 0.321. The van der Waals surface area contributed by atoms with Gasteiger partial charge in [-0.25, -0.2) is 4.98 Å². The van der Waals surface area contributed by atoms with Crippen LogP contribution in [0, 0.1) is 11.3 Å². The molecule has 0 radical (unpaired) electrons. The maximum Gasteiger partial charge on any atom is 0.109 e. The van der Waals surface area contributed by atoms with Gasteiger partial charge in [0.25, 0.3) is 0 Å². The Hall–Kier alpha value is -1.13. The average Bonchev–Trinajstić information content (AvgIpc) is 3.45. The minimum atomic E-state index is 0.115. The van der Waals surface area contributed by atoms with Crippen LogP contribution in [0.3, 0.4) is 0 Å². The van der Waals surface area contributed by atoms with E-state index in [0.717, 1.165) is 11.7 Å². The molecule has 3 heterocycles. The van der Waals surface area contributed by atoms with Crippen molar-refractivity contribution in [2.75, 3.05) is 13.1 Å². The Labute approximate surface area is 247 Å². The number of thiazole rings is 1. The van der Waals surface area contributed by atoms with Crippen molar-refractivity contribution >= 4 is 11.3 Å². The first-order valence-corrected chi connectivity index (χ1v) is 15.8. The van der Waals surface area contributed by atoms with Crippen molar-refractivity contribution < 1.29 is 4.42 Å². The van der Waals surface area contributed by atoms with E-state index < -0.39 is 0 Å². The summed E-state index contributed by atoms with van der Waals surface area (Å²) in [6, 6.07) is 2.17. The van der Waals surface area contributed by atoms with Crippen LogP contribution in [-0.4, -0.2) is 28.5 Å². The molecule has 0 N–H and O–H groups in total. The Morgan fingerprint density at radius 3 is 1.51 bits per heavy atom. The Morgan fingerprint density at radius 2 is 1.28 bits per heavy atom. The van der Waals surface area contributed by atoms with E-state index in [9.17, 15) is 0 Å². The number of aromatic nitrogens is 1. The lowest BCUT2D eigenvalue weighted by molar-refractivity contribution is 0.148. The largest absolute Gasteiger partial charge is 0.468 e. The summed E-state index contributed by atoms with van der Waals surface area (Å²) in [4.78, 5) is 7.29. The molecule has 39 heavy (non-hydrogen) atoms. The monoisotopic (exact) mass is 560 g/mol. The fraction of sp³-hybridized carbons (Fsp3) is 0.800. The van der Waals surface area contributed by atoms with Crippen molar-refractivity contribution in [3.05, 3.63) is 39.7 Å². The van der Waals surface area contributed by atoms with Crippen LogP contribution in [0.1, 0.15) is 153 Å². The average molecular weight is 561 g/mol. The third kappa shape index (κ3) is 11.7. The Balaban J connectivity index is 0.000000292. The van der Waals surface area contributed by atoms with Crippen LogP contribution in [0.25, 0.3) is 0 Å². The summed E-state index contributed by atoms with van der Waals surface area (Å²) >= 11 is 1.77. The highest BCUT2D eigenvalue weighted by molar-refractivity contribution is 7.09. The van der Waals surface area contributed by atoms with Gasteiger partial charge >= 0.3 is 0 Å². The van der Waals surface area contributed by atoms with E-state index in [1.807, 2.05) is 6.26 Å². The minimum Gasteiger partial charge on any atom is -0.468 e. The van der Waals surface area contributed by atoms with Gasteiger partial charge in [0.05, 0.1) is 17.0 Å². The van der Waals surface area contributed by atoms with Gasteiger partial charge in [-0.2, -0.15) is 0 Å². The van der Waals surface area contributed by atoms with Crippen molar-refractivity contribution in [3.8, 4) is 0 Å². The molecule has 1 saturated heterocycles. The Bertz CT molecular complexity index is 862. The lowest BCUT2D eigenvalue weighted by Crippen LogP contribution is -2.40. The predicted octanol–water partition coefficient (Wildman–Crippen LogP) is 10.8. The maximum atomic E-state index is 5.56. The summed E-state index contributed by atoms with van der Waals surface area (Å²) in [7, 11) is 0. The van der Waals surface area contributed by atoms with E-state index in [-0.39, 0.29) is 21.7 Å². The van der Waals surface area contributed by atoms with Crippen molar-refractivity contribution in [1.29, 1.82) is 0 Å². The zero-order chi connectivity index (χ0) is 30.8. The summed E-state index contributed by atoms with van der Waals surface area (Å²) in [5.74, 6) is 1.95. The first-order chi connectivity index (χ1) is 17.1. The van der Waals surface area contributed by atoms with Crippen LogP contribution in [-0.2, 0) is 21.7 Å². The summed E-state index contributed by atoms with van der Waals surface area (Å²) < 4.78 is 5.56. The Kier molecular flexibility index (Phi) is 11.4. The van der Waals surface area contributed by atoms with E-state index in [1.165, 1.54) is 35.8 Å². The van der Waals surface area contributed by atoms with Gasteiger partial charge in [-0.05, 0) is 62.1 Å². The highest BCUT2D eigenvalue weighted by Crippen LogP contribution is 2.36. The SMILES string of the molecule is CC(C)(C)C1CCN(C(C)(C)C)C1.CC(C)(C)c1coc(C(C)(C)C)c1.CC(C)(C)c1csc(C(C)(C)C)n1. The van der Waals surface area contributed by atoms with Gasteiger partial charge in [0.1, 0.15) is 5.76 Å². The molecule has 0 bridgehead atoms. The number of hydrogen-bond acceptors (Lipinski definition) is 4. The molecule has 1 aliphatic heterocycles. The molecular weight excluding hydrogens is 496 g/mol. The molecule has 226 valence electrons. The lowest BCUT2D eigenvalue weighted by atomic mass is 9.80. The predicted molar refractivity (Wildman–Crippen MR) is 175 cm³/mol. The molecule has 1 unspecified atom stereocenters. The van der Waals surface area contributed by atoms with Gasteiger partial charge in [0.2, 0.25) is 0 Å². The van der Waals surface area contributed by atoms with Gasteiger partial charge in [-0.1, -0.05) is 104 Å². The normalized spacial score (nSPS) is 17.8. The number of hydrogen-bond donors (Lipinski definition) is 0. The summed E-state index contributed by atoms with van der Waals surface area (Å²) in [5, 5.41) is 3.41. The molecule has 3 rings (SSSR count). The second-order valence-corrected chi connectivity index (χ2v) is 18.6. The van der Waals surface area contributed by atoms with E-state index >= 15 is 0 Å². The smallest absolute Gasteiger partial charge is 0.109 e. The fourth-order valence-electron chi connectivity index (χ4n) is 4.16. The third-order valence-corrected chi connectivity index (χ3v) is 8.75. The molecule has 0 aromatic carbocycles. The van der Waals surface area contributed by atoms with Crippen molar-refractivity contribution in [1.82, 2.24) is 9.88 Å². The van der Waals surface area contributed by atoms with Gasteiger partial charge < -0.3 is 4.42 Å². The zero-order valence-electron chi connectivity index (χ0n) is 29.1. The van der Waals surface area contributed by atoms with Crippen molar-refractivity contribution in [3.63, 3.8) is 0 Å². The summed E-state index contributed by atoms with van der Waals surface area (Å²) in [6.45, 7) is 42.9. The molecule has 1 atom stereocenters. The first kappa shape index (κ1) is 35.9. The van der Waals surface area contributed by atoms with E-state index in [0.29, 0.717) is 11.0 Å². The molecule has 0 saturated carbocycles. The zero-order valence-corrected chi connectivity index (χ0v) is 30.0. The number of nitrogens with zero attached hydrogens (tertiary/aromatic N) is 2. The molecule has 2 aromatic rings. The van der Waals surface area contributed by atoms with E-state index in [4.69, 9.17) is 4.42 Å². The summed E-state index contributed by atoms with van der Waals surface area (Å²) in [5.41, 5.74) is 4.00. The Morgan fingerprint density at radius 1 is 0.744 bits per heavy atom. The highest BCUT2D eigenvalue weighted by atomic mass is 32.1. The maximum absolute atomic E-state index is 5.56. The van der Waals surface area contributed by atoms with Crippen LogP contribution >= 0.6 is 11.3 Å². The van der Waals surface area contributed by atoms with Crippen LogP contribution in [0.2, 0.25) is 0 Å². The van der Waals surface area contributed by atoms with Gasteiger partial charge in [-0.15, -0.1) is 11.3 Å². The van der Waals surface area contributed by atoms with Crippen LogP contribution in [0.15, 0.2) is 22.1 Å². The van der Waals surface area contributed by atoms with Crippen LogP contribution in [0.4, 0.5) is 0 Å². The second-order valence-electron chi connectivity index (χ2n) is 17.7. The number of furan rings is 1. The van der Waals surface area contributed by atoms with E-state index in [1.54, 1.807) is 11.3 Å². The molecule has 1 aliphatic rings. The van der Waals surface area contributed by atoms with Crippen LogP contribution < -0.4 is 0 Å². The molecule has 3 nitrogen and oxygen atoms in total. The number of likely N-dealkylation sites (tertiary alicyclic amines) is 1. The molecule has 4 heteroatoms. The molecule has 2 aromatic heterocycles. The number of rotatable bonds is 0. The van der Waals surface area contributed by atoms with Gasteiger partial charge in [0.15, 0.2) is 0 Å². The minimum absolute atomic E-state index is 0.115. The molecular formula is C35H64N2OS. The standard InChI is InChI=1S/C12H25N.C12H20O.C11H19NS/c1-11(2,3)10-7-8-13(9-10)12(4,5)6;1-11(2,3)9-7-10(13-8-9)12(4,5)6;1-10(2,3)8-7-13-9(12-8)11(4,5)6/h10H,7-9H2,1-6H3;7-8H,1-6H3;7H,1-6H3. The van der Waals surface area contributed by atoms with E-state index in [2.05, 4.69) is 146 Å². The molecule has 0 aliphatic carbocycles. The van der Waals surface area contributed by atoms with Gasteiger partial charge in [-0.3, -0.25) is 4.90 Å². The van der Waals surface area contributed by atoms with Crippen LogP contribution in [0.5, 0.6) is 0 Å². The highest BCUT2D eigenvalue weighted by Gasteiger charge is 2.35. The molecule has 1 fully saturated rings. The van der Waals surface area contributed by atoms with Gasteiger partial charge in [0, 0.05) is 33.7 Å². The first-order valence-electron chi connectivity index (χ1n) is 14.9. The second kappa shape index (κ2) is 12.4. The topological polar surface area (TPSA) is 29.3 Å². The molecule has 0 amide bonds. The molecule has 0 spiro atoms. The third-order valence-electron chi connectivity index (χ3n) is 7.48. The lowest BCUT2D eigenvalue weighted by Gasteiger charge is -2.33. The van der Waals surface area contributed by atoms with Crippen molar-refractivity contribution in [2.45, 2.75) is 158 Å².